The molecule has 38 heavy (non-hydrogen) atoms. The van der Waals surface area contributed by atoms with Crippen molar-refractivity contribution in [3.05, 3.63) is 69.9 Å². The number of nitrogens with zero attached hydrogens (tertiary/aromatic N) is 7. The maximum Gasteiger partial charge on any atom is 0.449 e. The van der Waals surface area contributed by atoms with Crippen LogP contribution in [0.5, 0.6) is 0 Å². The minimum atomic E-state index is -4.83. The van der Waals surface area contributed by atoms with Crippen molar-refractivity contribution in [2.45, 2.75) is 49.9 Å². The van der Waals surface area contributed by atoms with E-state index in [1.165, 1.54) is 12.3 Å². The Labute approximate surface area is 214 Å². The molecular formula is C26H22F3N7O2. The quantitative estimate of drug-likeness (QED) is 0.390. The average molecular weight is 522 g/mol. The molecule has 0 N–H and O–H groups in total. The SMILES string of the molecule is Cn1c(C(F)(F)F)nc2c(-c3ccc(C#N)nc3)nc([C@H]3CCO[C@H](c4cnn(C5CC5)c4)C3)cc2c1=O. The van der Waals surface area contributed by atoms with Crippen LogP contribution in [-0.2, 0) is 18.0 Å². The molecule has 2 atom stereocenters. The number of hydrogen-bond acceptors (Lipinski definition) is 7. The highest BCUT2D eigenvalue weighted by Gasteiger charge is 2.37. The van der Waals surface area contributed by atoms with Crippen molar-refractivity contribution < 1.29 is 17.9 Å². The molecule has 5 heterocycles. The second-order valence-electron chi connectivity index (χ2n) is 9.70. The summed E-state index contributed by atoms with van der Waals surface area (Å²) in [6.45, 7) is 0.459. The molecule has 1 saturated carbocycles. The molecule has 2 aliphatic rings. The fourth-order valence-corrected chi connectivity index (χ4v) is 4.91. The van der Waals surface area contributed by atoms with Gasteiger partial charge in [0.05, 0.1) is 29.4 Å². The first-order valence-corrected chi connectivity index (χ1v) is 12.2. The number of hydrogen-bond donors (Lipinski definition) is 0. The Kier molecular flexibility index (Phi) is 5.75. The van der Waals surface area contributed by atoms with Gasteiger partial charge in [-0.3, -0.25) is 19.0 Å². The van der Waals surface area contributed by atoms with E-state index in [0.717, 1.165) is 25.5 Å². The van der Waals surface area contributed by atoms with Crippen molar-refractivity contribution in [1.82, 2.24) is 29.3 Å². The molecule has 1 aliphatic carbocycles. The highest BCUT2D eigenvalue weighted by Crippen LogP contribution is 2.40. The molecule has 0 radical (unpaired) electrons. The number of halogens is 3. The highest BCUT2D eigenvalue weighted by atomic mass is 19.4. The Morgan fingerprint density at radius 2 is 1.97 bits per heavy atom. The number of ether oxygens (including phenoxy) is 1. The number of nitriles is 1. The smallest absolute Gasteiger partial charge is 0.373 e. The van der Waals surface area contributed by atoms with E-state index in [0.29, 0.717) is 41.3 Å². The predicted octanol–water partition coefficient (Wildman–Crippen LogP) is 4.45. The normalized spacial score (nSPS) is 20.0. The summed E-state index contributed by atoms with van der Waals surface area (Å²) < 4.78 is 49.6. The van der Waals surface area contributed by atoms with Crippen LogP contribution in [0.2, 0.25) is 0 Å². The third-order valence-corrected chi connectivity index (χ3v) is 7.10. The van der Waals surface area contributed by atoms with Gasteiger partial charge in [-0.2, -0.15) is 23.5 Å². The minimum absolute atomic E-state index is 0.0365. The standard InChI is InChI=1S/C26H22F3N7O2/c1-35-24(37)19-9-20(14-6-7-38-21(8-14)16-12-32-36(13-16)18-4-5-18)33-22(15-2-3-17(10-30)31-11-15)23(19)34-25(35)26(27,28)29/h2-3,9,11-14,18,21H,4-8H2,1H3/t14-,21-/m0/s1. The fraction of sp³-hybridized carbons (Fsp3) is 0.385. The van der Waals surface area contributed by atoms with Crippen LogP contribution in [0.4, 0.5) is 13.2 Å². The van der Waals surface area contributed by atoms with Gasteiger partial charge >= 0.3 is 6.18 Å². The molecule has 1 saturated heterocycles. The van der Waals surface area contributed by atoms with Crippen molar-refractivity contribution in [3.63, 3.8) is 0 Å². The van der Waals surface area contributed by atoms with Crippen LogP contribution in [0, 0.1) is 11.3 Å². The van der Waals surface area contributed by atoms with Gasteiger partial charge in [0.15, 0.2) is 0 Å². The summed E-state index contributed by atoms with van der Waals surface area (Å²) in [5, 5.41) is 13.6. The summed E-state index contributed by atoms with van der Waals surface area (Å²) in [5.41, 5.74) is 1.17. The van der Waals surface area contributed by atoms with Gasteiger partial charge in [0.1, 0.15) is 17.3 Å². The third kappa shape index (κ3) is 4.32. The molecule has 0 unspecified atom stereocenters. The van der Waals surface area contributed by atoms with Gasteiger partial charge < -0.3 is 4.74 Å². The van der Waals surface area contributed by atoms with E-state index >= 15 is 0 Å². The first-order chi connectivity index (χ1) is 18.2. The van der Waals surface area contributed by atoms with Crippen LogP contribution in [0.1, 0.15) is 66.5 Å². The monoisotopic (exact) mass is 521 g/mol. The molecule has 1 aliphatic heterocycles. The van der Waals surface area contributed by atoms with Crippen molar-refractivity contribution in [2.75, 3.05) is 6.61 Å². The number of fused-ring (bicyclic) bond motifs is 1. The molecule has 2 fully saturated rings. The molecule has 0 aromatic carbocycles. The minimum Gasteiger partial charge on any atom is -0.373 e. The zero-order valence-electron chi connectivity index (χ0n) is 20.3. The van der Waals surface area contributed by atoms with Gasteiger partial charge in [0, 0.05) is 48.8 Å². The molecule has 0 amide bonds. The van der Waals surface area contributed by atoms with E-state index in [1.54, 1.807) is 12.1 Å². The zero-order valence-corrected chi connectivity index (χ0v) is 20.3. The average Bonchev–Trinajstić information content (AvgIpc) is 3.65. The first kappa shape index (κ1) is 24.2. The van der Waals surface area contributed by atoms with E-state index in [-0.39, 0.29) is 34.3 Å². The van der Waals surface area contributed by atoms with E-state index < -0.39 is 17.6 Å². The molecule has 9 nitrogen and oxygen atoms in total. The number of aromatic nitrogens is 6. The van der Waals surface area contributed by atoms with Crippen molar-refractivity contribution in [1.29, 1.82) is 5.26 Å². The van der Waals surface area contributed by atoms with E-state index in [1.807, 2.05) is 23.1 Å². The number of rotatable bonds is 4. The van der Waals surface area contributed by atoms with Crippen LogP contribution >= 0.6 is 0 Å². The Hall–Kier alpha value is -4.11. The maximum absolute atomic E-state index is 13.7. The lowest BCUT2D eigenvalue weighted by Gasteiger charge is -2.29. The van der Waals surface area contributed by atoms with Gasteiger partial charge in [-0.15, -0.1) is 0 Å². The van der Waals surface area contributed by atoms with Crippen LogP contribution in [0.15, 0.2) is 41.6 Å². The van der Waals surface area contributed by atoms with Gasteiger partial charge in [-0.05, 0) is 43.9 Å². The van der Waals surface area contributed by atoms with Crippen LogP contribution in [0.3, 0.4) is 0 Å². The lowest BCUT2D eigenvalue weighted by molar-refractivity contribution is -0.147. The van der Waals surface area contributed by atoms with E-state index in [4.69, 9.17) is 15.0 Å². The Bertz CT molecular complexity index is 1630. The second kappa shape index (κ2) is 9.02. The summed E-state index contributed by atoms with van der Waals surface area (Å²) in [4.78, 5) is 25.8. The lowest BCUT2D eigenvalue weighted by atomic mass is 9.89. The number of alkyl halides is 3. The molecular weight excluding hydrogens is 499 g/mol. The molecule has 6 rings (SSSR count). The Morgan fingerprint density at radius 3 is 2.66 bits per heavy atom. The van der Waals surface area contributed by atoms with Gasteiger partial charge in [-0.1, -0.05) is 0 Å². The number of pyridine rings is 2. The molecule has 194 valence electrons. The topological polar surface area (TPSA) is 112 Å². The second-order valence-corrected chi connectivity index (χ2v) is 9.70. The highest BCUT2D eigenvalue weighted by molar-refractivity contribution is 5.91. The molecule has 0 bridgehead atoms. The molecule has 0 spiro atoms. The first-order valence-electron chi connectivity index (χ1n) is 12.2. The lowest BCUT2D eigenvalue weighted by Crippen LogP contribution is -2.28. The predicted molar refractivity (Wildman–Crippen MR) is 129 cm³/mol. The molecule has 12 heteroatoms. The van der Waals surface area contributed by atoms with Crippen LogP contribution < -0.4 is 5.56 Å². The van der Waals surface area contributed by atoms with Gasteiger partial charge in [0.25, 0.3) is 5.56 Å². The van der Waals surface area contributed by atoms with E-state index in [9.17, 15) is 18.0 Å². The van der Waals surface area contributed by atoms with Gasteiger partial charge in [-0.25, -0.2) is 9.97 Å². The van der Waals surface area contributed by atoms with Gasteiger partial charge in [0.2, 0.25) is 5.82 Å². The Balaban J connectivity index is 1.46. The summed E-state index contributed by atoms with van der Waals surface area (Å²) >= 11 is 0. The van der Waals surface area contributed by atoms with E-state index in [2.05, 4.69) is 15.1 Å². The maximum atomic E-state index is 13.7. The summed E-state index contributed by atoms with van der Waals surface area (Å²) in [6.07, 6.45) is 3.56. The third-order valence-electron chi connectivity index (χ3n) is 7.10. The summed E-state index contributed by atoms with van der Waals surface area (Å²) in [7, 11) is 1.06. The van der Waals surface area contributed by atoms with Crippen LogP contribution in [-0.4, -0.2) is 35.9 Å². The summed E-state index contributed by atoms with van der Waals surface area (Å²) in [6, 6.07) is 6.90. The molecule has 4 aromatic heterocycles. The van der Waals surface area contributed by atoms with Crippen LogP contribution in [0.25, 0.3) is 22.2 Å². The largest absolute Gasteiger partial charge is 0.449 e. The fourth-order valence-electron chi connectivity index (χ4n) is 4.91. The summed E-state index contributed by atoms with van der Waals surface area (Å²) in [5.74, 6) is -1.43. The van der Waals surface area contributed by atoms with Crippen molar-refractivity contribution in [3.8, 4) is 17.3 Å². The molecule has 4 aromatic rings. The van der Waals surface area contributed by atoms with Crippen molar-refractivity contribution in [2.24, 2.45) is 7.05 Å². The van der Waals surface area contributed by atoms with Crippen molar-refractivity contribution >= 4 is 10.9 Å². The Morgan fingerprint density at radius 1 is 1.16 bits per heavy atom. The zero-order chi connectivity index (χ0) is 26.6.